The highest BCUT2D eigenvalue weighted by Crippen LogP contribution is 2.34. The number of hydrogen-bond acceptors (Lipinski definition) is 3. The number of aryl methyl sites for hydroxylation is 1. The molecule has 0 radical (unpaired) electrons. The van der Waals surface area contributed by atoms with Crippen molar-refractivity contribution in [2.75, 3.05) is 13.2 Å². The van der Waals surface area contributed by atoms with Crippen LogP contribution < -0.4 is 5.32 Å². The molecule has 0 fully saturated rings. The smallest absolute Gasteiger partial charge is 0.318 e. The molecule has 25 heavy (non-hydrogen) atoms. The molecule has 6 heteroatoms. The third-order valence-corrected chi connectivity index (χ3v) is 4.56. The van der Waals surface area contributed by atoms with E-state index in [4.69, 9.17) is 0 Å². The maximum Gasteiger partial charge on any atom is 0.318 e. The summed E-state index contributed by atoms with van der Waals surface area (Å²) in [6.45, 7) is 0.126. The van der Waals surface area contributed by atoms with Crippen LogP contribution >= 0.6 is 0 Å². The van der Waals surface area contributed by atoms with Gasteiger partial charge in [-0.25, -0.2) is 9.18 Å². The fourth-order valence-corrected chi connectivity index (χ4v) is 3.37. The number of pyridine rings is 1. The Morgan fingerprint density at radius 1 is 1.32 bits per heavy atom. The Labute approximate surface area is 146 Å². The van der Waals surface area contributed by atoms with Gasteiger partial charge in [-0.2, -0.15) is 0 Å². The van der Waals surface area contributed by atoms with Crippen LogP contribution in [0.2, 0.25) is 0 Å². The van der Waals surface area contributed by atoms with Crippen LogP contribution in [0.3, 0.4) is 0 Å². The number of nitrogens with zero attached hydrogens (tertiary/aromatic N) is 2. The number of aliphatic hydroxyl groups excluding tert-OH is 1. The largest absolute Gasteiger partial charge is 0.395 e. The van der Waals surface area contributed by atoms with Crippen molar-refractivity contribution in [2.45, 2.75) is 31.8 Å². The summed E-state index contributed by atoms with van der Waals surface area (Å²) in [5.74, 6) is -0.445. The van der Waals surface area contributed by atoms with Crippen LogP contribution in [0, 0.1) is 5.82 Å². The summed E-state index contributed by atoms with van der Waals surface area (Å²) < 4.78 is 13.7. The predicted molar refractivity (Wildman–Crippen MR) is 92.3 cm³/mol. The fraction of sp³-hybridized carbons (Fsp3) is 0.368. The molecule has 0 aliphatic heterocycles. The first kappa shape index (κ1) is 17.4. The monoisotopic (exact) mass is 343 g/mol. The molecule has 1 atom stereocenters. The predicted octanol–water partition coefficient (Wildman–Crippen LogP) is 2.80. The lowest BCUT2D eigenvalue weighted by Gasteiger charge is -2.35. The van der Waals surface area contributed by atoms with Crippen LogP contribution in [-0.4, -0.2) is 34.2 Å². The van der Waals surface area contributed by atoms with Gasteiger partial charge in [-0.1, -0.05) is 24.3 Å². The van der Waals surface area contributed by atoms with Gasteiger partial charge in [0.15, 0.2) is 0 Å². The third-order valence-electron chi connectivity index (χ3n) is 4.56. The Morgan fingerprint density at radius 3 is 2.96 bits per heavy atom. The minimum Gasteiger partial charge on any atom is -0.395 e. The molecular formula is C19H22FN3O2. The van der Waals surface area contributed by atoms with Crippen LogP contribution in [0.4, 0.5) is 9.18 Å². The number of aliphatic hydroxyl groups is 1. The average molecular weight is 343 g/mol. The maximum atomic E-state index is 13.7. The van der Waals surface area contributed by atoms with Crippen molar-refractivity contribution in [3.63, 3.8) is 0 Å². The number of fused-ring (bicyclic) bond motifs is 1. The van der Waals surface area contributed by atoms with E-state index in [2.05, 4.69) is 16.4 Å². The van der Waals surface area contributed by atoms with Gasteiger partial charge in [0.25, 0.3) is 0 Å². The zero-order valence-electron chi connectivity index (χ0n) is 14.0. The molecule has 2 amide bonds. The molecule has 0 bridgehead atoms. The summed E-state index contributed by atoms with van der Waals surface area (Å²) in [4.78, 5) is 18.3. The van der Waals surface area contributed by atoms with Gasteiger partial charge in [0, 0.05) is 12.7 Å². The molecule has 1 unspecified atom stereocenters. The summed E-state index contributed by atoms with van der Waals surface area (Å²) in [5.41, 5.74) is 2.57. The Balaban J connectivity index is 1.75. The van der Waals surface area contributed by atoms with Gasteiger partial charge in [-0.15, -0.1) is 0 Å². The van der Waals surface area contributed by atoms with E-state index in [1.807, 2.05) is 18.2 Å². The zero-order valence-corrected chi connectivity index (χ0v) is 14.0. The molecular weight excluding hydrogens is 321 g/mol. The minimum atomic E-state index is -0.445. The van der Waals surface area contributed by atoms with E-state index in [0.29, 0.717) is 0 Å². The first-order chi connectivity index (χ1) is 12.2. The zero-order chi connectivity index (χ0) is 17.6. The Hall–Kier alpha value is -2.47. The van der Waals surface area contributed by atoms with E-state index in [0.717, 1.165) is 24.8 Å². The number of rotatable bonds is 5. The Kier molecular flexibility index (Phi) is 5.60. The van der Waals surface area contributed by atoms with Crippen LogP contribution in [0.5, 0.6) is 0 Å². The van der Waals surface area contributed by atoms with Crippen molar-refractivity contribution in [1.29, 1.82) is 0 Å². The number of benzene rings is 1. The summed E-state index contributed by atoms with van der Waals surface area (Å²) >= 11 is 0. The highest BCUT2D eigenvalue weighted by Gasteiger charge is 2.28. The molecule has 5 nitrogen and oxygen atoms in total. The minimum absolute atomic E-state index is 0.0157. The quantitative estimate of drug-likeness (QED) is 0.877. The van der Waals surface area contributed by atoms with Crippen LogP contribution in [-0.2, 0) is 13.0 Å². The average Bonchev–Trinajstić information content (AvgIpc) is 2.65. The maximum absolute atomic E-state index is 13.7. The van der Waals surface area contributed by atoms with Crippen molar-refractivity contribution < 1.29 is 14.3 Å². The molecule has 1 heterocycles. The highest BCUT2D eigenvalue weighted by molar-refractivity contribution is 5.75. The van der Waals surface area contributed by atoms with Crippen molar-refractivity contribution in [3.8, 4) is 0 Å². The topological polar surface area (TPSA) is 65.5 Å². The van der Waals surface area contributed by atoms with Crippen molar-refractivity contribution in [1.82, 2.24) is 15.2 Å². The van der Waals surface area contributed by atoms with Gasteiger partial charge in [0.05, 0.1) is 24.9 Å². The SMILES string of the molecule is O=C(NCc1ncccc1F)N(CCO)C1CCCc2ccccc21. The lowest BCUT2D eigenvalue weighted by molar-refractivity contribution is 0.144. The van der Waals surface area contributed by atoms with Crippen LogP contribution in [0.25, 0.3) is 0 Å². The number of hydrogen-bond donors (Lipinski definition) is 2. The number of urea groups is 1. The Bertz CT molecular complexity index is 738. The number of carbonyl (C=O) groups is 1. The molecule has 0 saturated carbocycles. The van der Waals surface area contributed by atoms with E-state index in [1.165, 1.54) is 23.9 Å². The lowest BCUT2D eigenvalue weighted by Crippen LogP contribution is -2.44. The van der Waals surface area contributed by atoms with E-state index in [-0.39, 0.29) is 37.5 Å². The molecule has 2 aromatic rings. The van der Waals surface area contributed by atoms with Crippen molar-refractivity contribution in [2.24, 2.45) is 0 Å². The molecule has 1 aromatic heterocycles. The highest BCUT2D eigenvalue weighted by atomic mass is 19.1. The molecule has 0 spiro atoms. The fourth-order valence-electron chi connectivity index (χ4n) is 3.37. The normalized spacial score (nSPS) is 16.2. The van der Waals surface area contributed by atoms with Gasteiger partial charge < -0.3 is 15.3 Å². The van der Waals surface area contributed by atoms with Crippen molar-refractivity contribution >= 4 is 6.03 Å². The summed E-state index contributed by atoms with van der Waals surface area (Å²) in [7, 11) is 0. The second-order valence-electron chi connectivity index (χ2n) is 6.11. The second kappa shape index (κ2) is 8.07. The van der Waals surface area contributed by atoms with E-state index in [1.54, 1.807) is 4.90 Å². The lowest BCUT2D eigenvalue weighted by atomic mass is 9.87. The molecule has 132 valence electrons. The summed E-state index contributed by atoms with van der Waals surface area (Å²) in [6, 6.07) is 10.5. The third kappa shape index (κ3) is 3.96. The first-order valence-electron chi connectivity index (χ1n) is 8.53. The molecule has 1 aliphatic carbocycles. The molecule has 1 aromatic carbocycles. The number of amides is 2. The molecule has 1 aliphatic rings. The number of halogens is 1. The number of nitrogens with one attached hydrogen (secondary N) is 1. The Morgan fingerprint density at radius 2 is 2.16 bits per heavy atom. The van der Waals surface area contributed by atoms with E-state index >= 15 is 0 Å². The molecule has 2 N–H and O–H groups in total. The number of aromatic nitrogens is 1. The van der Waals surface area contributed by atoms with Crippen LogP contribution in [0.1, 0.15) is 35.7 Å². The van der Waals surface area contributed by atoms with E-state index in [9.17, 15) is 14.3 Å². The van der Waals surface area contributed by atoms with Crippen LogP contribution in [0.15, 0.2) is 42.6 Å². The van der Waals surface area contributed by atoms with Crippen molar-refractivity contribution in [3.05, 3.63) is 65.2 Å². The van der Waals surface area contributed by atoms with Gasteiger partial charge in [0.1, 0.15) is 5.82 Å². The first-order valence-corrected chi connectivity index (χ1v) is 8.53. The molecule has 0 saturated heterocycles. The second-order valence-corrected chi connectivity index (χ2v) is 6.11. The van der Waals surface area contributed by atoms with Gasteiger partial charge in [-0.05, 0) is 42.5 Å². The summed E-state index contributed by atoms with van der Waals surface area (Å²) in [5, 5.41) is 12.1. The van der Waals surface area contributed by atoms with Gasteiger partial charge in [0.2, 0.25) is 0 Å². The molecule has 3 rings (SSSR count). The van der Waals surface area contributed by atoms with Gasteiger partial charge >= 0.3 is 6.03 Å². The summed E-state index contributed by atoms with van der Waals surface area (Å²) in [6.07, 6.45) is 4.34. The van der Waals surface area contributed by atoms with Gasteiger partial charge in [-0.3, -0.25) is 4.98 Å². The number of carbonyl (C=O) groups excluding carboxylic acids is 1. The van der Waals surface area contributed by atoms with E-state index < -0.39 is 5.82 Å². The standard InChI is InChI=1S/C19H22FN3O2/c20-16-8-4-10-21-17(16)13-22-19(25)23(11-12-24)18-9-3-6-14-5-1-2-7-15(14)18/h1-2,4-5,7-8,10,18,24H,3,6,9,11-13H2,(H,22,25).